The normalized spacial score (nSPS) is 16.1. The van der Waals surface area contributed by atoms with Gasteiger partial charge in [0.05, 0.1) is 5.75 Å². The molecule has 1 unspecified atom stereocenters. The lowest BCUT2D eigenvalue weighted by Gasteiger charge is -2.38. The third-order valence-electron chi connectivity index (χ3n) is 5.50. The quantitative estimate of drug-likeness (QED) is 0.620. The highest BCUT2D eigenvalue weighted by Gasteiger charge is 2.28. The number of piperazine rings is 1. The molecule has 1 N–H and O–H groups in total. The van der Waals surface area contributed by atoms with Gasteiger partial charge in [-0.15, -0.1) is 0 Å². The molecule has 1 saturated heterocycles. The van der Waals surface area contributed by atoms with E-state index in [4.69, 9.17) is 0 Å². The highest BCUT2D eigenvalue weighted by atomic mass is 32.2. The molecule has 1 aliphatic heterocycles. The van der Waals surface area contributed by atoms with Gasteiger partial charge >= 0.3 is 0 Å². The lowest BCUT2D eigenvalue weighted by Crippen LogP contribution is -2.49. The van der Waals surface area contributed by atoms with Crippen molar-refractivity contribution in [1.82, 2.24) is 9.80 Å². The number of nitrogens with zero attached hydrogens (tertiary/aromatic N) is 2. The van der Waals surface area contributed by atoms with Crippen LogP contribution in [-0.2, 0) is 10.0 Å². The number of hydrogen-bond donors (Lipinski definition) is 1. The van der Waals surface area contributed by atoms with Gasteiger partial charge in [0, 0.05) is 56.5 Å². The summed E-state index contributed by atoms with van der Waals surface area (Å²) in [5, 5.41) is 0. The van der Waals surface area contributed by atoms with E-state index in [2.05, 4.69) is 4.72 Å². The minimum absolute atomic E-state index is 0. The van der Waals surface area contributed by atoms with Crippen molar-refractivity contribution < 1.29 is 27.8 Å². The molecule has 2 aromatic carbocycles. The Morgan fingerprint density at radius 1 is 1.09 bits per heavy atom. The molecule has 0 aliphatic carbocycles. The average molecular weight is 472 g/mol. The van der Waals surface area contributed by atoms with Gasteiger partial charge in [-0.05, 0) is 43.7 Å². The van der Waals surface area contributed by atoms with Crippen molar-refractivity contribution in [3.63, 3.8) is 0 Å². The maximum absolute atomic E-state index is 14.1. The van der Waals surface area contributed by atoms with Crippen LogP contribution in [0.25, 0.3) is 0 Å². The van der Waals surface area contributed by atoms with Gasteiger partial charge in [0.25, 0.3) is 5.91 Å². The van der Waals surface area contributed by atoms with Crippen LogP contribution >= 0.6 is 0 Å². The van der Waals surface area contributed by atoms with Gasteiger partial charge in [-0.25, -0.2) is 21.6 Å². The van der Waals surface area contributed by atoms with Crippen LogP contribution in [-0.4, -0.2) is 56.1 Å². The van der Waals surface area contributed by atoms with Crippen molar-refractivity contribution in [2.45, 2.75) is 26.3 Å². The smallest absolute Gasteiger partial charge is 0.253 e. The summed E-state index contributed by atoms with van der Waals surface area (Å²) in [5.74, 6) is -3.31. The van der Waals surface area contributed by atoms with E-state index >= 15 is 0 Å². The number of nitrogens with one attached hydrogen (secondary N) is 1. The number of carbonyl (C=O) groups is 1. The Bertz CT molecular complexity index is 1080. The zero-order valence-corrected chi connectivity index (χ0v) is 18.8. The highest BCUT2D eigenvalue weighted by molar-refractivity contribution is 7.92. The molecule has 0 aromatic heterocycles. The van der Waals surface area contributed by atoms with E-state index in [1.807, 2.05) is 4.90 Å². The van der Waals surface area contributed by atoms with E-state index in [0.717, 1.165) is 6.07 Å². The summed E-state index contributed by atoms with van der Waals surface area (Å²) in [7, 11) is -3.41. The van der Waals surface area contributed by atoms with Crippen LogP contribution in [0.4, 0.5) is 18.9 Å². The first-order valence-electron chi connectivity index (χ1n) is 10.4. The number of amides is 1. The minimum atomic E-state index is -3.41. The first kappa shape index (κ1) is 24.1. The lowest BCUT2D eigenvalue weighted by molar-refractivity contribution is 0.0578. The Morgan fingerprint density at radius 2 is 1.72 bits per heavy atom. The molecular weight excluding hydrogens is 443 g/mol. The number of benzene rings is 2. The molecule has 2 aromatic rings. The van der Waals surface area contributed by atoms with E-state index in [1.54, 1.807) is 43.0 Å². The summed E-state index contributed by atoms with van der Waals surface area (Å²) in [5.41, 5.74) is 0.754. The maximum atomic E-state index is 14.1. The molecule has 32 heavy (non-hydrogen) atoms. The van der Waals surface area contributed by atoms with Gasteiger partial charge in [0.15, 0.2) is 11.6 Å². The van der Waals surface area contributed by atoms with Gasteiger partial charge < -0.3 is 4.90 Å². The third-order valence-corrected chi connectivity index (χ3v) is 6.99. The second-order valence-corrected chi connectivity index (χ2v) is 9.64. The number of anilines is 1. The Balaban J connectivity index is 0.00000385. The summed E-state index contributed by atoms with van der Waals surface area (Å²) in [6.07, 6.45) is 0.497. The fourth-order valence-electron chi connectivity index (χ4n) is 3.75. The number of carbonyl (C=O) groups excluding carboxylic acids is 1. The van der Waals surface area contributed by atoms with Crippen LogP contribution in [0.1, 0.15) is 43.7 Å². The number of halogens is 3. The molecular formula is C22H28F3N3O3S. The lowest BCUT2D eigenvalue weighted by atomic mass is 10.0. The zero-order chi connectivity index (χ0) is 23.5. The second kappa shape index (κ2) is 9.91. The van der Waals surface area contributed by atoms with Crippen LogP contribution < -0.4 is 4.72 Å². The number of sulfonamides is 1. The highest BCUT2D eigenvalue weighted by Crippen LogP contribution is 2.27. The van der Waals surface area contributed by atoms with Crippen molar-refractivity contribution in [2.24, 2.45) is 0 Å². The molecule has 0 bridgehead atoms. The summed E-state index contributed by atoms with van der Waals surface area (Å²) in [4.78, 5) is 16.3. The van der Waals surface area contributed by atoms with Crippen LogP contribution in [0.3, 0.4) is 0 Å². The first-order valence-corrected chi connectivity index (χ1v) is 12.0. The topological polar surface area (TPSA) is 69.7 Å². The number of hydrogen-bond acceptors (Lipinski definition) is 4. The van der Waals surface area contributed by atoms with E-state index in [9.17, 15) is 26.4 Å². The Hall–Kier alpha value is -2.59. The molecule has 1 aliphatic rings. The van der Waals surface area contributed by atoms with Crippen molar-refractivity contribution in [3.05, 3.63) is 65.0 Å². The Morgan fingerprint density at radius 3 is 2.31 bits per heavy atom. The number of rotatable bonds is 7. The van der Waals surface area contributed by atoms with Gasteiger partial charge in [0.1, 0.15) is 5.82 Å². The van der Waals surface area contributed by atoms with Crippen molar-refractivity contribution >= 4 is 21.6 Å². The summed E-state index contributed by atoms with van der Waals surface area (Å²) in [6, 6.07) is 7.17. The van der Waals surface area contributed by atoms with E-state index in [1.165, 1.54) is 0 Å². The summed E-state index contributed by atoms with van der Waals surface area (Å²) < 4.78 is 67.4. The van der Waals surface area contributed by atoms with Crippen LogP contribution in [0.5, 0.6) is 0 Å². The second-order valence-electron chi connectivity index (χ2n) is 7.79. The van der Waals surface area contributed by atoms with E-state index in [0.29, 0.717) is 49.9 Å². The predicted octanol–water partition coefficient (Wildman–Crippen LogP) is 4.02. The molecule has 176 valence electrons. The molecule has 1 amide bonds. The Labute approximate surface area is 187 Å². The molecule has 6 nitrogen and oxygen atoms in total. The van der Waals surface area contributed by atoms with E-state index < -0.39 is 33.5 Å². The van der Waals surface area contributed by atoms with Gasteiger partial charge in [-0.3, -0.25) is 14.4 Å². The largest absolute Gasteiger partial charge is 0.336 e. The zero-order valence-electron chi connectivity index (χ0n) is 17.9. The molecule has 0 saturated carbocycles. The van der Waals surface area contributed by atoms with Crippen LogP contribution in [0.15, 0.2) is 36.4 Å². The summed E-state index contributed by atoms with van der Waals surface area (Å²) >= 11 is 0. The average Bonchev–Trinajstić information content (AvgIpc) is 2.75. The van der Waals surface area contributed by atoms with Crippen molar-refractivity contribution in [3.8, 4) is 0 Å². The standard InChI is InChI=1S/C22H26F3N3O3S.H2/c1-3-12-32(30,31)26-18-6-4-16(5-7-18)22(29)28-10-8-27(9-11-28)15(2)19-13-17(23)14-20(24)21(19)25;/h4-7,13-15,26H,3,8-12H2,1-2H3;1H. The first-order chi connectivity index (χ1) is 15.1. The monoisotopic (exact) mass is 471 g/mol. The van der Waals surface area contributed by atoms with Crippen LogP contribution in [0.2, 0.25) is 0 Å². The SMILES string of the molecule is CCCS(=O)(=O)Nc1ccc(C(=O)N2CCN(C(C)c3cc(F)cc(F)c3F)CC2)cc1.[HH]. The fourth-order valence-corrected chi connectivity index (χ4v) is 4.89. The van der Waals surface area contributed by atoms with Crippen molar-refractivity contribution in [2.75, 3.05) is 36.7 Å². The maximum Gasteiger partial charge on any atom is 0.253 e. The molecule has 1 heterocycles. The predicted molar refractivity (Wildman–Crippen MR) is 118 cm³/mol. The van der Waals surface area contributed by atoms with Crippen LogP contribution in [0, 0.1) is 17.5 Å². The molecule has 10 heteroatoms. The molecule has 0 spiro atoms. The molecule has 3 rings (SSSR count). The van der Waals surface area contributed by atoms with Gasteiger partial charge in [-0.1, -0.05) is 6.92 Å². The fraction of sp³-hybridized carbons (Fsp3) is 0.409. The van der Waals surface area contributed by atoms with E-state index in [-0.39, 0.29) is 18.7 Å². The Kier molecular flexibility index (Phi) is 7.45. The summed E-state index contributed by atoms with van der Waals surface area (Å²) in [6.45, 7) is 5.02. The minimum Gasteiger partial charge on any atom is -0.336 e. The molecule has 0 radical (unpaired) electrons. The van der Waals surface area contributed by atoms with Gasteiger partial charge in [0.2, 0.25) is 10.0 Å². The van der Waals surface area contributed by atoms with Crippen molar-refractivity contribution in [1.29, 1.82) is 0 Å². The third kappa shape index (κ3) is 5.60. The van der Waals surface area contributed by atoms with Gasteiger partial charge in [-0.2, -0.15) is 0 Å². The molecule has 1 fully saturated rings. The molecule has 1 atom stereocenters.